The van der Waals surface area contributed by atoms with Crippen LogP contribution >= 0.6 is 0 Å². The molecular formula is C25H29N5O3. The Morgan fingerprint density at radius 1 is 1.15 bits per heavy atom. The Kier molecular flexibility index (Phi) is 5.31. The van der Waals surface area contributed by atoms with Gasteiger partial charge in [-0.25, -0.2) is 0 Å². The molecule has 5 rings (SSSR count). The third-order valence-corrected chi connectivity index (χ3v) is 7.03. The lowest BCUT2D eigenvalue weighted by Crippen LogP contribution is -2.44. The van der Waals surface area contributed by atoms with Gasteiger partial charge < -0.3 is 9.64 Å². The number of carbonyl (C=O) groups is 2. The standard InChI is InChI=1S/C25H29N5O3/c1-14-5-6-22-18(11-14)21(31)13-23(33-22)17-7-9-30(10-8-17)25(32)20-12-19(26-27-20)24-15(2)28-29(4)16(24)3/h5-6,11-12,17,23H,7-10,13H2,1-4H3,(H,26,27). The first-order valence-corrected chi connectivity index (χ1v) is 11.5. The third-order valence-electron chi connectivity index (χ3n) is 7.03. The normalized spacial score (nSPS) is 18.8. The number of fused-ring (bicyclic) bond motifs is 1. The number of rotatable bonds is 3. The van der Waals surface area contributed by atoms with Gasteiger partial charge in [0, 0.05) is 37.8 Å². The summed E-state index contributed by atoms with van der Waals surface area (Å²) in [4.78, 5) is 27.6. The molecule has 0 aliphatic carbocycles. The van der Waals surface area contributed by atoms with Gasteiger partial charge in [0.1, 0.15) is 17.5 Å². The number of hydrogen-bond acceptors (Lipinski definition) is 5. The zero-order chi connectivity index (χ0) is 23.3. The zero-order valence-corrected chi connectivity index (χ0v) is 19.5. The molecule has 1 N–H and O–H groups in total. The number of aromatic nitrogens is 4. The van der Waals surface area contributed by atoms with Crippen LogP contribution in [0.4, 0.5) is 0 Å². The van der Waals surface area contributed by atoms with Crippen molar-refractivity contribution in [2.24, 2.45) is 13.0 Å². The fraction of sp³-hybridized carbons (Fsp3) is 0.440. The van der Waals surface area contributed by atoms with Crippen molar-refractivity contribution in [1.29, 1.82) is 0 Å². The molecular weight excluding hydrogens is 418 g/mol. The third kappa shape index (κ3) is 3.83. The summed E-state index contributed by atoms with van der Waals surface area (Å²) in [7, 11) is 1.90. The number of aryl methyl sites for hydroxylation is 3. The average Bonchev–Trinajstić information content (AvgIpc) is 3.37. The Labute approximate surface area is 192 Å². The van der Waals surface area contributed by atoms with Gasteiger partial charge in [-0.1, -0.05) is 11.6 Å². The molecule has 1 amide bonds. The molecule has 1 unspecified atom stereocenters. The first kappa shape index (κ1) is 21.4. The highest BCUT2D eigenvalue weighted by molar-refractivity contribution is 6.00. The van der Waals surface area contributed by atoms with Crippen LogP contribution in [-0.4, -0.2) is 55.8 Å². The summed E-state index contributed by atoms with van der Waals surface area (Å²) in [6.07, 6.45) is 1.91. The summed E-state index contributed by atoms with van der Waals surface area (Å²) in [6.45, 7) is 7.19. The van der Waals surface area contributed by atoms with Crippen LogP contribution in [0.25, 0.3) is 11.3 Å². The number of H-pyrrole nitrogens is 1. The van der Waals surface area contributed by atoms with E-state index in [9.17, 15) is 9.59 Å². The topological polar surface area (TPSA) is 93.1 Å². The van der Waals surface area contributed by atoms with E-state index in [-0.39, 0.29) is 23.7 Å². The first-order valence-electron chi connectivity index (χ1n) is 11.5. The number of Topliss-reactive ketones (excluding diaryl/α,β-unsaturated/α-hetero) is 1. The number of benzene rings is 1. The second-order valence-electron chi connectivity index (χ2n) is 9.25. The SMILES string of the molecule is Cc1ccc2c(c1)C(=O)CC(C1CCN(C(=O)c3cc(-c4c(C)nn(C)c4C)n[nH]3)CC1)O2. The van der Waals surface area contributed by atoms with Gasteiger partial charge in [0.25, 0.3) is 5.91 Å². The molecule has 1 saturated heterocycles. The van der Waals surface area contributed by atoms with Gasteiger partial charge in [0.2, 0.25) is 0 Å². The van der Waals surface area contributed by atoms with Gasteiger partial charge in [0.15, 0.2) is 5.78 Å². The highest BCUT2D eigenvalue weighted by atomic mass is 16.5. The van der Waals surface area contributed by atoms with E-state index in [1.807, 2.05) is 61.7 Å². The smallest absolute Gasteiger partial charge is 0.271 e. The molecule has 2 aliphatic heterocycles. The number of amides is 1. The zero-order valence-electron chi connectivity index (χ0n) is 19.5. The fourth-order valence-electron chi connectivity index (χ4n) is 5.07. The van der Waals surface area contributed by atoms with Gasteiger partial charge in [-0.2, -0.15) is 10.2 Å². The number of nitrogens with one attached hydrogen (secondary N) is 1. The van der Waals surface area contributed by atoms with Crippen molar-refractivity contribution in [3.63, 3.8) is 0 Å². The molecule has 1 fully saturated rings. The van der Waals surface area contributed by atoms with Crippen molar-refractivity contribution in [2.45, 2.75) is 46.1 Å². The van der Waals surface area contributed by atoms with Crippen LogP contribution in [0.1, 0.15) is 57.1 Å². The number of carbonyl (C=O) groups excluding carboxylic acids is 2. The Morgan fingerprint density at radius 3 is 2.61 bits per heavy atom. The molecule has 0 spiro atoms. The van der Waals surface area contributed by atoms with Crippen LogP contribution in [0.3, 0.4) is 0 Å². The van der Waals surface area contributed by atoms with Crippen molar-refractivity contribution >= 4 is 11.7 Å². The summed E-state index contributed by atoms with van der Waals surface area (Å²) >= 11 is 0. The van der Waals surface area contributed by atoms with Gasteiger partial charge >= 0.3 is 0 Å². The van der Waals surface area contributed by atoms with Crippen LogP contribution < -0.4 is 4.74 Å². The van der Waals surface area contributed by atoms with Crippen molar-refractivity contribution in [3.05, 3.63) is 52.5 Å². The molecule has 1 aromatic carbocycles. The predicted octanol–water partition coefficient (Wildman–Crippen LogP) is 3.62. The molecule has 8 nitrogen and oxygen atoms in total. The first-order chi connectivity index (χ1) is 15.8. The minimum Gasteiger partial charge on any atom is -0.489 e. The minimum absolute atomic E-state index is 0.0483. The molecule has 4 heterocycles. The monoisotopic (exact) mass is 447 g/mol. The molecule has 2 aromatic heterocycles. The van der Waals surface area contributed by atoms with Crippen LogP contribution in [0.5, 0.6) is 5.75 Å². The summed E-state index contributed by atoms with van der Waals surface area (Å²) in [5, 5.41) is 11.7. The molecule has 172 valence electrons. The molecule has 1 atom stereocenters. The molecule has 33 heavy (non-hydrogen) atoms. The van der Waals surface area contributed by atoms with E-state index >= 15 is 0 Å². The summed E-state index contributed by atoms with van der Waals surface area (Å²) < 4.78 is 8.03. The van der Waals surface area contributed by atoms with E-state index in [1.165, 1.54) is 0 Å². The summed E-state index contributed by atoms with van der Waals surface area (Å²) in [5.74, 6) is 1.04. The van der Waals surface area contributed by atoms with Gasteiger partial charge in [-0.15, -0.1) is 0 Å². The van der Waals surface area contributed by atoms with E-state index in [1.54, 1.807) is 0 Å². The molecule has 3 aromatic rings. The van der Waals surface area contributed by atoms with Crippen molar-refractivity contribution in [3.8, 4) is 17.0 Å². The summed E-state index contributed by atoms with van der Waals surface area (Å²) in [5.41, 5.74) is 5.83. The predicted molar refractivity (Wildman–Crippen MR) is 123 cm³/mol. The van der Waals surface area contributed by atoms with E-state index in [0.29, 0.717) is 36.5 Å². The average molecular weight is 448 g/mol. The highest BCUT2D eigenvalue weighted by Crippen LogP contribution is 2.34. The van der Waals surface area contributed by atoms with Crippen LogP contribution in [-0.2, 0) is 7.05 Å². The molecule has 2 aliphatic rings. The van der Waals surface area contributed by atoms with E-state index in [4.69, 9.17) is 4.74 Å². The number of nitrogens with zero attached hydrogens (tertiary/aromatic N) is 4. The van der Waals surface area contributed by atoms with Gasteiger partial charge in [0.05, 0.1) is 17.0 Å². The molecule has 0 saturated carbocycles. The second-order valence-corrected chi connectivity index (χ2v) is 9.25. The largest absolute Gasteiger partial charge is 0.489 e. The van der Waals surface area contributed by atoms with Crippen LogP contribution in [0.15, 0.2) is 24.3 Å². The molecule has 0 bridgehead atoms. The maximum Gasteiger partial charge on any atom is 0.271 e. The summed E-state index contributed by atoms with van der Waals surface area (Å²) in [6, 6.07) is 7.59. The van der Waals surface area contributed by atoms with Gasteiger partial charge in [-0.05, 0) is 57.7 Å². The van der Waals surface area contributed by atoms with Crippen LogP contribution in [0.2, 0.25) is 0 Å². The maximum atomic E-state index is 13.1. The Morgan fingerprint density at radius 2 is 1.91 bits per heavy atom. The highest BCUT2D eigenvalue weighted by Gasteiger charge is 2.35. The second kappa shape index (κ2) is 8.17. The maximum absolute atomic E-state index is 13.1. The number of ketones is 1. The Balaban J connectivity index is 1.24. The lowest BCUT2D eigenvalue weighted by molar-refractivity contribution is 0.0449. The van der Waals surface area contributed by atoms with Gasteiger partial charge in [-0.3, -0.25) is 19.4 Å². The fourth-order valence-corrected chi connectivity index (χ4v) is 5.07. The minimum atomic E-state index is -0.125. The van der Waals surface area contributed by atoms with Crippen molar-refractivity contribution in [2.75, 3.05) is 13.1 Å². The number of hydrogen-bond donors (Lipinski definition) is 1. The Hall–Kier alpha value is -3.42. The molecule has 0 radical (unpaired) electrons. The number of aromatic amines is 1. The quantitative estimate of drug-likeness (QED) is 0.662. The number of likely N-dealkylation sites (tertiary alicyclic amines) is 1. The lowest BCUT2D eigenvalue weighted by atomic mass is 9.85. The van der Waals surface area contributed by atoms with Crippen LogP contribution in [0, 0.1) is 26.7 Å². The van der Waals surface area contributed by atoms with E-state index in [0.717, 1.165) is 41.1 Å². The number of piperidine rings is 1. The van der Waals surface area contributed by atoms with Crippen molar-refractivity contribution < 1.29 is 14.3 Å². The van der Waals surface area contributed by atoms with Crippen molar-refractivity contribution in [1.82, 2.24) is 24.9 Å². The molecule has 8 heteroatoms. The van der Waals surface area contributed by atoms with E-state index < -0.39 is 0 Å². The van der Waals surface area contributed by atoms with E-state index in [2.05, 4.69) is 15.3 Å². The lowest BCUT2D eigenvalue weighted by Gasteiger charge is -2.37. The Bertz CT molecular complexity index is 1230. The number of ether oxygens (including phenoxy) is 1.